The number of likely N-dealkylation sites (N-methyl/N-ethyl adjacent to an activating group) is 1. The van der Waals surface area contributed by atoms with Crippen molar-refractivity contribution in [2.24, 2.45) is 0 Å². The summed E-state index contributed by atoms with van der Waals surface area (Å²) in [7, 11) is 1.87. The molecule has 1 saturated heterocycles. The second-order valence-corrected chi connectivity index (χ2v) is 3.72. The molecule has 0 spiro atoms. The van der Waals surface area contributed by atoms with Crippen molar-refractivity contribution < 1.29 is 4.79 Å². The van der Waals surface area contributed by atoms with Crippen LogP contribution in [0, 0.1) is 5.92 Å². The fourth-order valence-corrected chi connectivity index (χ4v) is 1.81. The zero-order valence-corrected chi connectivity index (χ0v) is 8.36. The summed E-state index contributed by atoms with van der Waals surface area (Å²) in [5, 5.41) is 0. The minimum Gasteiger partial charge on any atom is -0.345 e. The Bertz CT molecular complexity index is 320. The van der Waals surface area contributed by atoms with Gasteiger partial charge in [-0.3, -0.25) is 4.79 Å². The van der Waals surface area contributed by atoms with E-state index < -0.39 is 0 Å². The van der Waals surface area contributed by atoms with Crippen LogP contribution in [0.4, 0.5) is 0 Å². The van der Waals surface area contributed by atoms with Gasteiger partial charge in [0.15, 0.2) is 0 Å². The lowest BCUT2D eigenvalue weighted by Crippen LogP contribution is -2.36. The Morgan fingerprint density at radius 3 is 2.50 bits per heavy atom. The third-order valence-electron chi connectivity index (χ3n) is 2.68. The molecule has 0 saturated carbocycles. The van der Waals surface area contributed by atoms with Gasteiger partial charge < -0.3 is 4.90 Å². The van der Waals surface area contributed by atoms with Gasteiger partial charge in [0.05, 0.1) is 0 Å². The van der Waals surface area contributed by atoms with Crippen LogP contribution in [0.5, 0.6) is 0 Å². The molecule has 0 bridgehead atoms. The summed E-state index contributed by atoms with van der Waals surface area (Å²) in [6, 6.07) is 10.3. The highest BCUT2D eigenvalue weighted by Crippen LogP contribution is 2.25. The van der Waals surface area contributed by atoms with Crippen molar-refractivity contribution in [3.05, 3.63) is 41.8 Å². The van der Waals surface area contributed by atoms with E-state index in [4.69, 9.17) is 0 Å². The first-order valence-corrected chi connectivity index (χ1v) is 4.91. The molecule has 1 aromatic rings. The molecule has 1 heterocycles. The molecule has 1 aliphatic heterocycles. The summed E-state index contributed by atoms with van der Waals surface area (Å²) in [4.78, 5) is 13.1. The summed E-state index contributed by atoms with van der Waals surface area (Å²) in [6.45, 7) is 0.781. The summed E-state index contributed by atoms with van der Waals surface area (Å²) < 4.78 is 0. The molecule has 0 unspecified atom stereocenters. The second kappa shape index (κ2) is 3.82. The highest BCUT2D eigenvalue weighted by molar-refractivity contribution is 5.77. The maximum Gasteiger partial charge on any atom is 0.222 e. The van der Waals surface area contributed by atoms with Crippen LogP contribution in [0.25, 0.3) is 0 Å². The van der Waals surface area contributed by atoms with Gasteiger partial charge in [-0.15, -0.1) is 0 Å². The van der Waals surface area contributed by atoms with Gasteiger partial charge in [0.1, 0.15) is 0 Å². The molecule has 1 radical (unpaired) electrons. The Kier molecular flexibility index (Phi) is 2.53. The van der Waals surface area contributed by atoms with E-state index in [1.54, 1.807) is 4.90 Å². The van der Waals surface area contributed by atoms with Crippen LogP contribution in [0.2, 0.25) is 0 Å². The Hall–Kier alpha value is -1.31. The van der Waals surface area contributed by atoms with Crippen molar-refractivity contribution in [2.45, 2.75) is 12.8 Å². The number of amides is 1. The van der Waals surface area contributed by atoms with Crippen molar-refractivity contribution in [1.82, 2.24) is 4.90 Å². The van der Waals surface area contributed by atoms with E-state index >= 15 is 0 Å². The van der Waals surface area contributed by atoms with Crippen LogP contribution in [0.15, 0.2) is 30.3 Å². The van der Waals surface area contributed by atoms with Crippen LogP contribution in [0.3, 0.4) is 0 Å². The average molecular weight is 188 g/mol. The quantitative estimate of drug-likeness (QED) is 0.658. The minimum atomic E-state index is 0.254. The Morgan fingerprint density at radius 1 is 1.14 bits per heavy atom. The van der Waals surface area contributed by atoms with Gasteiger partial charge in [0, 0.05) is 25.9 Å². The first-order valence-electron chi connectivity index (χ1n) is 4.91. The third kappa shape index (κ3) is 1.79. The second-order valence-electron chi connectivity index (χ2n) is 3.72. The van der Waals surface area contributed by atoms with Crippen LogP contribution < -0.4 is 0 Å². The zero-order valence-electron chi connectivity index (χ0n) is 8.36. The fraction of sp³-hybridized carbons (Fsp3) is 0.333. The molecule has 14 heavy (non-hydrogen) atoms. The maximum atomic E-state index is 11.3. The Labute approximate surface area is 84.5 Å². The van der Waals surface area contributed by atoms with Crippen molar-refractivity contribution in [3.8, 4) is 0 Å². The number of carbonyl (C=O) groups is 1. The van der Waals surface area contributed by atoms with Gasteiger partial charge in [-0.25, -0.2) is 0 Å². The van der Waals surface area contributed by atoms with E-state index in [1.165, 1.54) is 11.5 Å². The number of benzene rings is 1. The monoisotopic (exact) mass is 188 g/mol. The minimum absolute atomic E-state index is 0.254. The molecular formula is C12H14NO. The summed E-state index contributed by atoms with van der Waals surface area (Å²) in [5.74, 6) is 1.62. The molecule has 1 aromatic carbocycles. The number of hydrogen-bond acceptors (Lipinski definition) is 1. The van der Waals surface area contributed by atoms with Crippen LogP contribution in [0.1, 0.15) is 18.4 Å². The van der Waals surface area contributed by atoms with E-state index in [1.807, 2.05) is 25.2 Å². The average Bonchev–Trinajstić information content (AvgIpc) is 2.23. The number of likely N-dealkylation sites (tertiary alicyclic amines) is 1. The Morgan fingerprint density at radius 2 is 1.86 bits per heavy atom. The fourth-order valence-electron chi connectivity index (χ4n) is 1.81. The highest BCUT2D eigenvalue weighted by atomic mass is 16.2. The molecule has 0 aromatic heterocycles. The predicted octanol–water partition coefficient (Wildman–Crippen LogP) is 1.86. The standard InChI is InChI=1S/C12H14NO/c1-13-9-11(7-8-12(13)14)10-5-3-2-4-6-10/h2-6H,7-9H2,1H3. The van der Waals surface area contributed by atoms with Gasteiger partial charge in [0.25, 0.3) is 0 Å². The topological polar surface area (TPSA) is 20.3 Å². The molecular weight excluding hydrogens is 174 g/mol. The lowest BCUT2D eigenvalue weighted by atomic mass is 9.91. The molecule has 1 aliphatic rings. The van der Waals surface area contributed by atoms with E-state index in [0.29, 0.717) is 6.42 Å². The van der Waals surface area contributed by atoms with Crippen molar-refractivity contribution in [1.29, 1.82) is 0 Å². The SMILES string of the molecule is CN1C[C](c2ccccc2)CCC1=O. The van der Waals surface area contributed by atoms with Gasteiger partial charge >= 0.3 is 0 Å². The molecule has 0 N–H and O–H groups in total. The molecule has 73 valence electrons. The van der Waals surface area contributed by atoms with Gasteiger partial charge in [-0.05, 0) is 12.0 Å². The van der Waals surface area contributed by atoms with Crippen LogP contribution in [-0.4, -0.2) is 24.4 Å². The van der Waals surface area contributed by atoms with E-state index in [9.17, 15) is 4.79 Å². The maximum absolute atomic E-state index is 11.3. The molecule has 2 nitrogen and oxygen atoms in total. The number of rotatable bonds is 1. The van der Waals surface area contributed by atoms with Crippen LogP contribution >= 0.6 is 0 Å². The molecule has 0 aliphatic carbocycles. The van der Waals surface area contributed by atoms with Crippen molar-refractivity contribution in [2.75, 3.05) is 13.6 Å². The number of hydrogen-bond donors (Lipinski definition) is 0. The molecule has 2 heteroatoms. The van der Waals surface area contributed by atoms with E-state index in [0.717, 1.165) is 13.0 Å². The Balaban J connectivity index is 2.11. The van der Waals surface area contributed by atoms with Gasteiger partial charge in [-0.1, -0.05) is 30.3 Å². The van der Waals surface area contributed by atoms with E-state index in [2.05, 4.69) is 12.1 Å². The van der Waals surface area contributed by atoms with Crippen LogP contribution in [-0.2, 0) is 4.79 Å². The van der Waals surface area contributed by atoms with E-state index in [-0.39, 0.29) is 5.91 Å². The van der Waals surface area contributed by atoms with Gasteiger partial charge in [0.2, 0.25) is 5.91 Å². The molecule has 1 amide bonds. The lowest BCUT2D eigenvalue weighted by molar-refractivity contribution is -0.131. The van der Waals surface area contributed by atoms with Crippen molar-refractivity contribution >= 4 is 5.91 Å². The van der Waals surface area contributed by atoms with Crippen molar-refractivity contribution in [3.63, 3.8) is 0 Å². The third-order valence-corrected chi connectivity index (χ3v) is 2.68. The normalized spacial score (nSPS) is 18.6. The first kappa shape index (κ1) is 9.25. The summed E-state index contributed by atoms with van der Waals surface area (Å²) >= 11 is 0. The molecule has 1 fully saturated rings. The lowest BCUT2D eigenvalue weighted by Gasteiger charge is -2.29. The van der Waals surface area contributed by atoms with Gasteiger partial charge in [-0.2, -0.15) is 0 Å². The largest absolute Gasteiger partial charge is 0.345 e. The predicted molar refractivity (Wildman–Crippen MR) is 55.7 cm³/mol. The smallest absolute Gasteiger partial charge is 0.222 e. The highest BCUT2D eigenvalue weighted by Gasteiger charge is 2.24. The number of nitrogens with zero attached hydrogens (tertiary/aromatic N) is 1. The molecule has 2 rings (SSSR count). The summed E-state index contributed by atoms with van der Waals surface area (Å²) in [5.41, 5.74) is 1.27. The molecule has 0 atom stereocenters. The zero-order chi connectivity index (χ0) is 9.97. The first-order chi connectivity index (χ1) is 6.77. The number of piperidine rings is 1. The number of carbonyl (C=O) groups excluding carboxylic acids is 1. The summed E-state index contributed by atoms with van der Waals surface area (Å²) in [6.07, 6.45) is 1.56.